The summed E-state index contributed by atoms with van der Waals surface area (Å²) < 4.78 is 6.04. The zero-order chi connectivity index (χ0) is 14.8. The zero-order valence-electron chi connectivity index (χ0n) is 11.6. The topological polar surface area (TPSA) is 41.6 Å². The second kappa shape index (κ2) is 6.33. The number of anilines is 1. The molecule has 0 radical (unpaired) electrons. The Balaban J connectivity index is 2.24. The number of ether oxygens (including phenoxy) is 1. The molecule has 1 aromatic rings. The molecule has 0 bridgehead atoms. The molecule has 1 aliphatic rings. The first-order chi connectivity index (χ1) is 9.47. The summed E-state index contributed by atoms with van der Waals surface area (Å²) in [5, 5.41) is 3.98. The van der Waals surface area contributed by atoms with Gasteiger partial charge in [-0.1, -0.05) is 11.6 Å². The summed E-state index contributed by atoms with van der Waals surface area (Å²) in [4.78, 5) is 14.4. The Morgan fingerprint density at radius 3 is 2.90 bits per heavy atom. The lowest BCUT2D eigenvalue weighted by atomic mass is 9.98. The van der Waals surface area contributed by atoms with Crippen LogP contribution in [0, 0.1) is 0 Å². The number of esters is 1. The van der Waals surface area contributed by atoms with Gasteiger partial charge in [0.15, 0.2) is 0 Å². The average Bonchev–Trinajstić information content (AvgIpc) is 2.77. The van der Waals surface area contributed by atoms with Crippen LogP contribution in [0.4, 0.5) is 5.69 Å². The Morgan fingerprint density at radius 1 is 1.60 bits per heavy atom. The normalized spacial score (nSPS) is 22.8. The average molecular weight is 362 g/mol. The summed E-state index contributed by atoms with van der Waals surface area (Å²) in [6.07, 6.45) is 0.725. The fourth-order valence-corrected chi connectivity index (χ4v) is 2.94. The largest absolute Gasteiger partial charge is 0.464 e. The van der Waals surface area contributed by atoms with E-state index in [-0.39, 0.29) is 5.97 Å². The highest BCUT2D eigenvalue weighted by Crippen LogP contribution is 2.31. The van der Waals surface area contributed by atoms with Gasteiger partial charge in [-0.05, 0) is 54.5 Å². The fraction of sp³-hybridized carbons (Fsp3) is 0.500. The molecule has 1 N–H and O–H groups in total. The minimum absolute atomic E-state index is 0.199. The lowest BCUT2D eigenvalue weighted by molar-refractivity contribution is -0.148. The van der Waals surface area contributed by atoms with Crippen LogP contribution in [0.15, 0.2) is 22.7 Å². The van der Waals surface area contributed by atoms with Crippen molar-refractivity contribution in [2.24, 2.45) is 0 Å². The molecule has 1 aliphatic heterocycles. The Morgan fingerprint density at radius 2 is 2.35 bits per heavy atom. The third-order valence-electron chi connectivity index (χ3n) is 3.43. The number of nitrogens with one attached hydrogen (secondary N) is 1. The Hall–Kier alpha value is -0.780. The highest BCUT2D eigenvalue weighted by molar-refractivity contribution is 9.10. The minimum atomic E-state index is -0.683. The molecule has 0 aliphatic carbocycles. The number of likely N-dealkylation sites (N-methyl/N-ethyl adjacent to an activating group) is 1. The fourth-order valence-electron chi connectivity index (χ4n) is 2.44. The van der Waals surface area contributed by atoms with Crippen molar-refractivity contribution in [1.82, 2.24) is 4.90 Å². The van der Waals surface area contributed by atoms with Gasteiger partial charge in [-0.3, -0.25) is 0 Å². The number of rotatable bonds is 4. The first kappa shape index (κ1) is 15.6. The van der Waals surface area contributed by atoms with E-state index in [1.807, 2.05) is 26.1 Å². The van der Waals surface area contributed by atoms with Crippen molar-refractivity contribution in [3.63, 3.8) is 0 Å². The highest BCUT2D eigenvalue weighted by Gasteiger charge is 2.45. The quantitative estimate of drug-likeness (QED) is 0.837. The van der Waals surface area contributed by atoms with Gasteiger partial charge in [0.1, 0.15) is 5.54 Å². The van der Waals surface area contributed by atoms with E-state index in [0.717, 1.165) is 23.1 Å². The second-order valence-corrected chi connectivity index (χ2v) is 6.31. The van der Waals surface area contributed by atoms with Gasteiger partial charge in [-0.2, -0.15) is 0 Å². The minimum Gasteiger partial charge on any atom is -0.464 e. The molecule has 2 rings (SSSR count). The van der Waals surface area contributed by atoms with E-state index in [1.165, 1.54) is 0 Å². The van der Waals surface area contributed by atoms with Crippen molar-refractivity contribution in [3.05, 3.63) is 27.7 Å². The molecule has 6 heteroatoms. The van der Waals surface area contributed by atoms with Crippen LogP contribution in [0.5, 0.6) is 0 Å². The number of carbonyl (C=O) groups is 1. The number of nitrogens with zero attached hydrogens (tertiary/aromatic N) is 1. The Bertz CT molecular complexity index is 512. The summed E-state index contributed by atoms with van der Waals surface area (Å²) in [7, 11) is 2.00. The first-order valence-corrected chi connectivity index (χ1v) is 7.73. The van der Waals surface area contributed by atoms with Crippen molar-refractivity contribution in [2.75, 3.05) is 32.1 Å². The molecule has 1 heterocycles. The number of halogens is 2. The predicted octanol–water partition coefficient (Wildman–Crippen LogP) is 3.15. The van der Waals surface area contributed by atoms with Crippen LogP contribution >= 0.6 is 27.5 Å². The number of benzene rings is 1. The molecule has 0 aromatic heterocycles. The molecular weight excluding hydrogens is 344 g/mol. The van der Waals surface area contributed by atoms with E-state index < -0.39 is 5.54 Å². The molecule has 0 amide bonds. The van der Waals surface area contributed by atoms with Crippen LogP contribution in [-0.2, 0) is 9.53 Å². The summed E-state index contributed by atoms with van der Waals surface area (Å²) in [5.74, 6) is -0.199. The lowest BCUT2D eigenvalue weighted by Gasteiger charge is -2.29. The van der Waals surface area contributed by atoms with Gasteiger partial charge in [0.25, 0.3) is 0 Å². The third kappa shape index (κ3) is 3.27. The maximum atomic E-state index is 12.3. The summed E-state index contributed by atoms with van der Waals surface area (Å²) >= 11 is 9.39. The molecule has 110 valence electrons. The van der Waals surface area contributed by atoms with Crippen LogP contribution in [-0.4, -0.2) is 43.2 Å². The first-order valence-electron chi connectivity index (χ1n) is 6.56. The van der Waals surface area contributed by atoms with Crippen molar-refractivity contribution in [3.8, 4) is 0 Å². The summed E-state index contributed by atoms with van der Waals surface area (Å²) in [6.45, 7) is 3.70. The van der Waals surface area contributed by atoms with Gasteiger partial charge in [0.05, 0.1) is 11.6 Å². The number of hydrogen-bond acceptors (Lipinski definition) is 4. The van der Waals surface area contributed by atoms with Gasteiger partial charge in [-0.15, -0.1) is 0 Å². The molecule has 1 fully saturated rings. The second-order valence-electron chi connectivity index (χ2n) is 5.04. The SMILES string of the molecule is CCOC(=O)C1(Nc2ccc(Cl)c(Br)c2)CCN(C)C1. The predicted molar refractivity (Wildman–Crippen MR) is 84.3 cm³/mol. The Kier molecular flexibility index (Phi) is 4.94. The van der Waals surface area contributed by atoms with Crippen molar-refractivity contribution < 1.29 is 9.53 Å². The van der Waals surface area contributed by atoms with Crippen LogP contribution in [0.25, 0.3) is 0 Å². The van der Waals surface area contributed by atoms with E-state index in [2.05, 4.69) is 26.1 Å². The van der Waals surface area contributed by atoms with Gasteiger partial charge >= 0.3 is 5.97 Å². The molecule has 20 heavy (non-hydrogen) atoms. The monoisotopic (exact) mass is 360 g/mol. The molecule has 4 nitrogen and oxygen atoms in total. The lowest BCUT2D eigenvalue weighted by Crippen LogP contribution is -2.49. The standard InChI is InChI=1S/C14H18BrClN2O2/c1-3-20-13(19)14(6-7-18(2)9-14)17-10-4-5-12(16)11(15)8-10/h4-5,8,17H,3,6-7,9H2,1-2H3. The molecule has 1 aromatic carbocycles. The Labute approximate surface area is 132 Å². The van der Waals surface area contributed by atoms with Gasteiger partial charge in [0, 0.05) is 23.2 Å². The van der Waals surface area contributed by atoms with Gasteiger partial charge in [0.2, 0.25) is 0 Å². The van der Waals surface area contributed by atoms with E-state index >= 15 is 0 Å². The number of carbonyl (C=O) groups excluding carboxylic acids is 1. The molecule has 1 atom stereocenters. The summed E-state index contributed by atoms with van der Waals surface area (Å²) in [5.41, 5.74) is 0.169. The molecule has 0 spiro atoms. The van der Waals surface area contributed by atoms with Crippen molar-refractivity contribution in [1.29, 1.82) is 0 Å². The van der Waals surface area contributed by atoms with E-state index in [1.54, 1.807) is 6.07 Å². The molecule has 0 saturated carbocycles. The van der Waals surface area contributed by atoms with E-state index in [9.17, 15) is 4.79 Å². The van der Waals surface area contributed by atoms with Crippen LogP contribution < -0.4 is 5.32 Å². The van der Waals surface area contributed by atoms with Crippen molar-refractivity contribution >= 4 is 39.2 Å². The van der Waals surface area contributed by atoms with E-state index in [4.69, 9.17) is 16.3 Å². The van der Waals surface area contributed by atoms with Gasteiger partial charge < -0.3 is 15.0 Å². The third-order valence-corrected chi connectivity index (χ3v) is 4.64. The van der Waals surface area contributed by atoms with Crippen LogP contribution in [0.1, 0.15) is 13.3 Å². The maximum Gasteiger partial charge on any atom is 0.333 e. The smallest absolute Gasteiger partial charge is 0.333 e. The molecule has 1 saturated heterocycles. The number of likely N-dealkylation sites (tertiary alicyclic amines) is 1. The highest BCUT2D eigenvalue weighted by atomic mass is 79.9. The zero-order valence-corrected chi connectivity index (χ0v) is 13.9. The molecular formula is C14H18BrClN2O2. The van der Waals surface area contributed by atoms with Crippen LogP contribution in [0.3, 0.4) is 0 Å². The maximum absolute atomic E-state index is 12.3. The molecule has 1 unspecified atom stereocenters. The van der Waals surface area contributed by atoms with Gasteiger partial charge in [-0.25, -0.2) is 4.79 Å². The summed E-state index contributed by atoms with van der Waals surface area (Å²) in [6, 6.07) is 5.54. The number of hydrogen-bond donors (Lipinski definition) is 1. The van der Waals surface area contributed by atoms with Crippen LogP contribution in [0.2, 0.25) is 5.02 Å². The van der Waals surface area contributed by atoms with Crippen molar-refractivity contribution in [2.45, 2.75) is 18.9 Å². The van der Waals surface area contributed by atoms with E-state index in [0.29, 0.717) is 18.2 Å².